The molecule has 1 aromatic carbocycles. The van der Waals surface area contributed by atoms with Crippen molar-refractivity contribution >= 4 is 29.5 Å². The predicted octanol–water partition coefficient (Wildman–Crippen LogP) is 4.08. The van der Waals surface area contributed by atoms with E-state index in [2.05, 4.69) is 0 Å². The van der Waals surface area contributed by atoms with Gasteiger partial charge < -0.3 is 4.74 Å². The summed E-state index contributed by atoms with van der Waals surface area (Å²) in [5.74, 6) is 1.86. The molecular formula is C14H15FO2S2. The molecule has 0 N–H and O–H groups in total. The second kappa shape index (κ2) is 6.48. The number of benzene rings is 1. The van der Waals surface area contributed by atoms with E-state index in [1.807, 2.05) is 13.8 Å². The number of carbonyl (C=O) groups is 1. The normalized spacial score (nSPS) is 14.8. The van der Waals surface area contributed by atoms with Crippen molar-refractivity contribution in [1.29, 1.82) is 0 Å². The highest BCUT2D eigenvalue weighted by Crippen LogP contribution is 2.41. The highest BCUT2D eigenvalue weighted by atomic mass is 32.2. The molecule has 2 rings (SSSR count). The zero-order chi connectivity index (χ0) is 13.8. The van der Waals surface area contributed by atoms with Gasteiger partial charge in [0.05, 0.1) is 9.81 Å². The molecule has 0 radical (unpaired) electrons. The first-order valence-electron chi connectivity index (χ1n) is 6.05. The molecule has 1 heterocycles. The molecule has 1 aliphatic rings. The van der Waals surface area contributed by atoms with Gasteiger partial charge in [-0.1, -0.05) is 13.8 Å². The molecule has 5 heteroatoms. The van der Waals surface area contributed by atoms with Gasteiger partial charge >= 0.3 is 5.97 Å². The molecule has 0 bridgehead atoms. The molecule has 0 aromatic heterocycles. The minimum Gasteiger partial charge on any atom is -0.423 e. The Morgan fingerprint density at radius 3 is 2.32 bits per heavy atom. The van der Waals surface area contributed by atoms with Gasteiger partial charge in [-0.15, -0.1) is 23.5 Å². The highest BCUT2D eigenvalue weighted by molar-refractivity contribution is 8.25. The molecule has 0 amide bonds. The van der Waals surface area contributed by atoms with Crippen LogP contribution in [0.15, 0.2) is 34.1 Å². The van der Waals surface area contributed by atoms with Gasteiger partial charge in [0.25, 0.3) is 0 Å². The first-order valence-corrected chi connectivity index (χ1v) is 8.02. The summed E-state index contributed by atoms with van der Waals surface area (Å²) in [6.07, 6.45) is 0. The summed E-state index contributed by atoms with van der Waals surface area (Å²) in [5.41, 5.74) is 0.719. The fraction of sp³-hybridized carbons (Fsp3) is 0.357. The van der Waals surface area contributed by atoms with Gasteiger partial charge in [-0.3, -0.25) is 0 Å². The average molecular weight is 298 g/mol. The van der Waals surface area contributed by atoms with Crippen LogP contribution < -0.4 is 4.74 Å². The molecule has 1 aliphatic heterocycles. The van der Waals surface area contributed by atoms with Gasteiger partial charge in [-0.2, -0.15) is 0 Å². The summed E-state index contributed by atoms with van der Waals surface area (Å²) in [7, 11) is 0. The summed E-state index contributed by atoms with van der Waals surface area (Å²) in [4.78, 5) is 12.2. The number of hydrogen-bond donors (Lipinski definition) is 0. The van der Waals surface area contributed by atoms with Crippen molar-refractivity contribution in [2.24, 2.45) is 5.92 Å². The quantitative estimate of drug-likeness (QED) is 0.477. The van der Waals surface area contributed by atoms with Crippen LogP contribution in [0.25, 0.3) is 0 Å². The Labute approximate surface area is 120 Å². The molecule has 0 aliphatic carbocycles. The fourth-order valence-corrected chi connectivity index (χ4v) is 4.51. The lowest BCUT2D eigenvalue weighted by molar-refractivity contribution is -0.130. The fourth-order valence-electron chi connectivity index (χ4n) is 1.69. The molecule has 2 nitrogen and oxygen atoms in total. The standard InChI is InChI=1S/C14H15FO2S2/c1-9(2)12(14-18-7-8-19-14)13(16)17-11-5-3-10(15)4-6-11/h3-6,9H,7-8H2,1-2H3. The molecular weight excluding hydrogens is 283 g/mol. The van der Waals surface area contributed by atoms with Crippen LogP contribution in [0, 0.1) is 11.7 Å². The summed E-state index contributed by atoms with van der Waals surface area (Å²) < 4.78 is 19.2. The molecule has 0 saturated carbocycles. The minimum atomic E-state index is -0.343. The van der Waals surface area contributed by atoms with E-state index in [4.69, 9.17) is 4.74 Å². The lowest BCUT2D eigenvalue weighted by Crippen LogP contribution is -2.16. The Balaban J connectivity index is 2.17. The maximum atomic E-state index is 12.8. The molecule has 1 saturated heterocycles. The second-order valence-corrected chi connectivity index (χ2v) is 6.86. The first-order chi connectivity index (χ1) is 9.08. The molecule has 0 unspecified atom stereocenters. The molecule has 102 valence electrons. The van der Waals surface area contributed by atoms with E-state index in [9.17, 15) is 9.18 Å². The van der Waals surface area contributed by atoms with E-state index in [-0.39, 0.29) is 17.7 Å². The second-order valence-electron chi connectivity index (χ2n) is 4.40. The van der Waals surface area contributed by atoms with Crippen LogP contribution in [0.5, 0.6) is 5.75 Å². The first kappa shape index (κ1) is 14.5. The van der Waals surface area contributed by atoms with E-state index in [1.54, 1.807) is 23.5 Å². The molecule has 0 atom stereocenters. The summed E-state index contributed by atoms with van der Waals surface area (Å²) >= 11 is 3.40. The number of thioether (sulfide) groups is 2. The maximum absolute atomic E-state index is 12.8. The van der Waals surface area contributed by atoms with Crippen molar-refractivity contribution in [3.05, 3.63) is 39.9 Å². The van der Waals surface area contributed by atoms with E-state index < -0.39 is 0 Å². The van der Waals surface area contributed by atoms with E-state index in [0.717, 1.165) is 21.3 Å². The SMILES string of the molecule is CC(C)C(C(=O)Oc1ccc(F)cc1)=C1SCCS1. The van der Waals surface area contributed by atoms with Crippen LogP contribution in [0.4, 0.5) is 4.39 Å². The number of halogens is 1. The Kier molecular flexibility index (Phi) is 4.93. The minimum absolute atomic E-state index is 0.112. The van der Waals surface area contributed by atoms with Crippen LogP contribution in [0.1, 0.15) is 13.8 Å². The zero-order valence-corrected chi connectivity index (χ0v) is 12.4. The third kappa shape index (κ3) is 3.76. The number of rotatable bonds is 3. The van der Waals surface area contributed by atoms with Crippen molar-refractivity contribution in [3.8, 4) is 5.75 Å². The Morgan fingerprint density at radius 2 is 1.79 bits per heavy atom. The van der Waals surface area contributed by atoms with Crippen LogP contribution in [-0.4, -0.2) is 17.5 Å². The van der Waals surface area contributed by atoms with Crippen molar-refractivity contribution in [2.45, 2.75) is 13.8 Å². The number of hydrogen-bond acceptors (Lipinski definition) is 4. The largest absolute Gasteiger partial charge is 0.423 e. The van der Waals surface area contributed by atoms with Gasteiger partial charge in [-0.05, 0) is 30.2 Å². The Bertz CT molecular complexity index is 487. The molecule has 19 heavy (non-hydrogen) atoms. The van der Waals surface area contributed by atoms with Crippen molar-refractivity contribution in [1.82, 2.24) is 0 Å². The lowest BCUT2D eigenvalue weighted by atomic mass is 10.1. The number of ether oxygens (including phenoxy) is 1. The van der Waals surface area contributed by atoms with Crippen LogP contribution in [0.2, 0.25) is 0 Å². The third-order valence-corrected chi connectivity index (χ3v) is 5.34. The maximum Gasteiger partial charge on any atom is 0.341 e. The van der Waals surface area contributed by atoms with Gasteiger partial charge in [0.1, 0.15) is 11.6 Å². The van der Waals surface area contributed by atoms with Crippen molar-refractivity contribution in [3.63, 3.8) is 0 Å². The Morgan fingerprint density at radius 1 is 1.21 bits per heavy atom. The van der Waals surface area contributed by atoms with Crippen molar-refractivity contribution < 1.29 is 13.9 Å². The predicted molar refractivity (Wildman–Crippen MR) is 78.8 cm³/mol. The lowest BCUT2D eigenvalue weighted by Gasteiger charge is -2.13. The van der Waals surface area contributed by atoms with E-state index in [1.165, 1.54) is 24.3 Å². The van der Waals surface area contributed by atoms with Gasteiger partial charge in [0, 0.05) is 11.5 Å². The van der Waals surface area contributed by atoms with Crippen LogP contribution in [0.3, 0.4) is 0 Å². The molecule has 1 fully saturated rings. The average Bonchev–Trinajstić information content (AvgIpc) is 2.85. The third-order valence-electron chi connectivity index (χ3n) is 2.59. The number of carbonyl (C=O) groups excluding carboxylic acids is 1. The van der Waals surface area contributed by atoms with Crippen LogP contribution in [-0.2, 0) is 4.79 Å². The zero-order valence-electron chi connectivity index (χ0n) is 10.8. The summed E-state index contributed by atoms with van der Waals surface area (Å²) in [6.45, 7) is 3.96. The number of esters is 1. The monoisotopic (exact) mass is 298 g/mol. The van der Waals surface area contributed by atoms with Gasteiger partial charge in [0.2, 0.25) is 0 Å². The molecule has 1 aromatic rings. The van der Waals surface area contributed by atoms with Gasteiger partial charge in [-0.25, -0.2) is 9.18 Å². The highest BCUT2D eigenvalue weighted by Gasteiger charge is 2.24. The van der Waals surface area contributed by atoms with Gasteiger partial charge in [0.15, 0.2) is 0 Å². The summed E-state index contributed by atoms with van der Waals surface area (Å²) in [6, 6.07) is 5.49. The Hall–Kier alpha value is -0.940. The van der Waals surface area contributed by atoms with Crippen LogP contribution >= 0.6 is 23.5 Å². The topological polar surface area (TPSA) is 26.3 Å². The van der Waals surface area contributed by atoms with E-state index in [0.29, 0.717) is 5.75 Å². The summed E-state index contributed by atoms with van der Waals surface area (Å²) in [5, 5.41) is 0. The van der Waals surface area contributed by atoms with Crippen molar-refractivity contribution in [2.75, 3.05) is 11.5 Å². The molecule has 0 spiro atoms. The van der Waals surface area contributed by atoms with E-state index >= 15 is 0 Å². The smallest absolute Gasteiger partial charge is 0.341 e.